The molecule has 4 aromatic rings. The minimum absolute atomic E-state index is 0.118. The summed E-state index contributed by atoms with van der Waals surface area (Å²) in [6.07, 6.45) is -0.338. The smallest absolute Gasteiger partial charge is 0.327 e. The summed E-state index contributed by atoms with van der Waals surface area (Å²) in [6.45, 7) is 4.08. The zero-order valence-corrected chi connectivity index (χ0v) is 18.9. The Morgan fingerprint density at radius 3 is 2.74 bits per heavy atom. The van der Waals surface area contributed by atoms with E-state index < -0.39 is 17.4 Å². The molecule has 2 aromatic carbocycles. The molecule has 0 unspecified atom stereocenters. The molecule has 8 nitrogen and oxygen atoms in total. The third-order valence-corrected chi connectivity index (χ3v) is 5.39. The highest BCUT2D eigenvalue weighted by Crippen LogP contribution is 2.37. The fraction of sp³-hybridized carbons (Fsp3) is 0.261. The van der Waals surface area contributed by atoms with E-state index in [0.717, 1.165) is 12.1 Å². The van der Waals surface area contributed by atoms with Crippen molar-refractivity contribution < 1.29 is 27.7 Å². The lowest BCUT2D eigenvalue weighted by Gasteiger charge is -2.17. The Kier molecular flexibility index (Phi) is 5.80. The van der Waals surface area contributed by atoms with Crippen LogP contribution >= 0.6 is 11.6 Å². The van der Waals surface area contributed by atoms with Crippen LogP contribution in [0.2, 0.25) is 5.02 Å². The molecule has 1 aliphatic rings. The number of halogens is 3. The summed E-state index contributed by atoms with van der Waals surface area (Å²) in [5.74, 6) is -2.47. The van der Waals surface area contributed by atoms with Gasteiger partial charge in [-0.15, -0.1) is 0 Å². The first-order valence-electron chi connectivity index (χ1n) is 10.4. The van der Waals surface area contributed by atoms with Gasteiger partial charge in [0.05, 0.1) is 11.6 Å². The number of hydrogen-bond donors (Lipinski definition) is 1. The van der Waals surface area contributed by atoms with E-state index in [1.807, 2.05) is 19.9 Å². The summed E-state index contributed by atoms with van der Waals surface area (Å²) in [7, 11) is 0. The third-order valence-electron chi connectivity index (χ3n) is 5.06. The van der Waals surface area contributed by atoms with Crippen molar-refractivity contribution in [3.8, 4) is 28.9 Å². The molecule has 34 heavy (non-hydrogen) atoms. The average Bonchev–Trinajstić information content (AvgIpc) is 3.37. The van der Waals surface area contributed by atoms with Gasteiger partial charge in [0.1, 0.15) is 29.6 Å². The van der Waals surface area contributed by atoms with Crippen molar-refractivity contribution in [2.24, 2.45) is 0 Å². The van der Waals surface area contributed by atoms with Crippen molar-refractivity contribution in [3.05, 3.63) is 59.1 Å². The van der Waals surface area contributed by atoms with E-state index in [1.165, 1.54) is 0 Å². The van der Waals surface area contributed by atoms with Gasteiger partial charge in [0.2, 0.25) is 5.88 Å². The number of H-pyrrole nitrogens is 1. The molecule has 1 N–H and O–H groups in total. The Balaban J connectivity index is 1.54. The maximum Gasteiger partial charge on any atom is 0.327 e. The van der Waals surface area contributed by atoms with E-state index >= 15 is 0 Å². The second-order valence-corrected chi connectivity index (χ2v) is 8.43. The first kappa shape index (κ1) is 22.5. The predicted octanol–water partition coefficient (Wildman–Crippen LogP) is 5.27. The van der Waals surface area contributed by atoms with Gasteiger partial charge in [-0.25, -0.2) is 8.78 Å². The first-order valence-corrected chi connectivity index (χ1v) is 10.8. The Labute approximate surface area is 197 Å². The lowest BCUT2D eigenvalue weighted by molar-refractivity contribution is -0.141. The SMILES string of the molecule is CC1(C)OC[C@@H](COc2nc(Oc3ccc(F)cc3F)nc3[nH]nc(-c4ccccc4Cl)c23)O1. The van der Waals surface area contributed by atoms with Crippen molar-refractivity contribution in [2.75, 3.05) is 13.2 Å². The zero-order valence-electron chi connectivity index (χ0n) is 18.1. The van der Waals surface area contributed by atoms with E-state index in [-0.39, 0.29) is 36.0 Å². The standard InChI is InChI=1S/C23H19ClF2N4O4/c1-23(2)32-11-13(34-23)10-31-21-18-19(14-5-3-4-6-15(14)24)29-30-20(18)27-22(28-21)33-17-8-7-12(25)9-16(17)26/h3-9,13H,10-11H2,1-2H3,(H,27,28,29,30)/t13-/m1/s1. The van der Waals surface area contributed by atoms with Crippen molar-refractivity contribution >= 4 is 22.6 Å². The fourth-order valence-electron chi connectivity index (χ4n) is 3.55. The van der Waals surface area contributed by atoms with Crippen LogP contribution in [0.1, 0.15) is 13.8 Å². The molecular weight excluding hydrogens is 470 g/mol. The molecule has 1 fully saturated rings. The maximum absolute atomic E-state index is 14.1. The number of hydrogen-bond acceptors (Lipinski definition) is 7. The zero-order chi connectivity index (χ0) is 23.9. The van der Waals surface area contributed by atoms with E-state index in [2.05, 4.69) is 20.2 Å². The van der Waals surface area contributed by atoms with E-state index in [0.29, 0.717) is 34.3 Å². The largest absolute Gasteiger partial charge is 0.474 e. The molecule has 0 spiro atoms. The minimum Gasteiger partial charge on any atom is -0.474 e. The lowest BCUT2D eigenvalue weighted by atomic mass is 10.1. The van der Waals surface area contributed by atoms with Crippen molar-refractivity contribution in [1.82, 2.24) is 20.2 Å². The molecule has 1 saturated heterocycles. The number of benzene rings is 2. The fourth-order valence-corrected chi connectivity index (χ4v) is 3.78. The van der Waals surface area contributed by atoms with Crippen LogP contribution < -0.4 is 9.47 Å². The number of fused-ring (bicyclic) bond motifs is 1. The van der Waals surface area contributed by atoms with Crippen LogP contribution in [0.3, 0.4) is 0 Å². The maximum atomic E-state index is 14.1. The summed E-state index contributed by atoms with van der Waals surface area (Å²) in [5.41, 5.74) is 1.39. The van der Waals surface area contributed by atoms with E-state index in [1.54, 1.807) is 18.2 Å². The molecule has 11 heteroatoms. The third kappa shape index (κ3) is 4.52. The van der Waals surface area contributed by atoms with E-state index in [9.17, 15) is 8.78 Å². The van der Waals surface area contributed by atoms with Gasteiger partial charge in [0, 0.05) is 11.6 Å². The number of aromatic amines is 1. The molecule has 1 atom stereocenters. The van der Waals surface area contributed by atoms with Gasteiger partial charge < -0.3 is 18.9 Å². The van der Waals surface area contributed by atoms with Crippen LogP contribution in [0.4, 0.5) is 8.78 Å². The summed E-state index contributed by atoms with van der Waals surface area (Å²) in [5, 5.41) is 8.09. The second kappa shape index (κ2) is 8.79. The van der Waals surface area contributed by atoms with Crippen LogP contribution in [0, 0.1) is 11.6 Å². The predicted molar refractivity (Wildman–Crippen MR) is 119 cm³/mol. The normalized spacial score (nSPS) is 17.3. The molecular formula is C23H19ClF2N4O4. The van der Waals surface area contributed by atoms with Gasteiger partial charge in [0.25, 0.3) is 0 Å². The summed E-state index contributed by atoms with van der Waals surface area (Å²) >= 11 is 6.38. The van der Waals surface area contributed by atoms with Crippen LogP contribution in [0.5, 0.6) is 17.6 Å². The topological polar surface area (TPSA) is 91.4 Å². The molecule has 2 aromatic heterocycles. The molecule has 0 aliphatic carbocycles. The highest BCUT2D eigenvalue weighted by atomic mass is 35.5. The average molecular weight is 489 g/mol. The number of nitrogens with zero attached hydrogens (tertiary/aromatic N) is 3. The number of nitrogens with one attached hydrogen (secondary N) is 1. The Bertz CT molecular complexity index is 1360. The molecule has 1 aliphatic heterocycles. The van der Waals surface area contributed by atoms with Crippen LogP contribution in [-0.2, 0) is 9.47 Å². The summed E-state index contributed by atoms with van der Waals surface area (Å²) in [6, 6.07) is 9.87. The van der Waals surface area contributed by atoms with Crippen molar-refractivity contribution in [3.63, 3.8) is 0 Å². The van der Waals surface area contributed by atoms with Gasteiger partial charge in [-0.1, -0.05) is 29.8 Å². The molecule has 0 saturated carbocycles. The van der Waals surface area contributed by atoms with Crippen LogP contribution in [0.15, 0.2) is 42.5 Å². The lowest BCUT2D eigenvalue weighted by Crippen LogP contribution is -2.25. The quantitative estimate of drug-likeness (QED) is 0.395. The van der Waals surface area contributed by atoms with Gasteiger partial charge in [-0.05, 0) is 32.0 Å². The molecule has 5 rings (SSSR count). The van der Waals surface area contributed by atoms with Gasteiger partial charge in [0.15, 0.2) is 23.0 Å². The minimum atomic E-state index is -0.897. The Morgan fingerprint density at radius 1 is 1.18 bits per heavy atom. The van der Waals surface area contributed by atoms with Gasteiger partial charge in [-0.2, -0.15) is 15.1 Å². The second-order valence-electron chi connectivity index (χ2n) is 8.03. The van der Waals surface area contributed by atoms with E-state index in [4.69, 9.17) is 30.5 Å². The van der Waals surface area contributed by atoms with Crippen molar-refractivity contribution in [2.45, 2.75) is 25.7 Å². The van der Waals surface area contributed by atoms with Gasteiger partial charge in [-0.3, -0.25) is 5.10 Å². The highest BCUT2D eigenvalue weighted by Gasteiger charge is 2.33. The van der Waals surface area contributed by atoms with Crippen LogP contribution in [0.25, 0.3) is 22.3 Å². The Morgan fingerprint density at radius 2 is 2.00 bits per heavy atom. The molecule has 3 heterocycles. The molecule has 0 bridgehead atoms. The first-order chi connectivity index (χ1) is 16.3. The highest BCUT2D eigenvalue weighted by molar-refractivity contribution is 6.33. The van der Waals surface area contributed by atoms with Crippen LogP contribution in [-0.4, -0.2) is 45.3 Å². The Hall–Kier alpha value is -3.34. The number of rotatable bonds is 6. The van der Waals surface area contributed by atoms with Crippen molar-refractivity contribution in [1.29, 1.82) is 0 Å². The summed E-state index contributed by atoms with van der Waals surface area (Å²) in [4.78, 5) is 8.61. The molecule has 176 valence electrons. The molecule has 0 radical (unpaired) electrons. The summed E-state index contributed by atoms with van der Waals surface area (Å²) < 4.78 is 50.2. The molecule has 0 amide bonds. The monoisotopic (exact) mass is 488 g/mol. The van der Waals surface area contributed by atoms with Gasteiger partial charge >= 0.3 is 6.01 Å². The number of ether oxygens (including phenoxy) is 4. The number of aromatic nitrogens is 4.